The highest BCUT2D eigenvalue weighted by Crippen LogP contribution is 2.26. The predicted molar refractivity (Wildman–Crippen MR) is 78.4 cm³/mol. The Balaban J connectivity index is 2.19. The molecule has 1 fully saturated rings. The highest BCUT2D eigenvalue weighted by Gasteiger charge is 2.18. The second-order valence-electron chi connectivity index (χ2n) is 5.40. The molecule has 18 heavy (non-hydrogen) atoms. The summed E-state index contributed by atoms with van der Waals surface area (Å²) in [6.07, 6.45) is 0. The molecule has 0 aromatic heterocycles. The second-order valence-corrected chi connectivity index (χ2v) is 5.40. The Morgan fingerprint density at radius 2 is 1.89 bits per heavy atom. The normalized spacial score (nSPS) is 18.7. The van der Waals surface area contributed by atoms with Crippen LogP contribution in [0.5, 0.6) is 0 Å². The highest BCUT2D eigenvalue weighted by atomic mass is 15.2. The van der Waals surface area contributed by atoms with Crippen LogP contribution >= 0.6 is 0 Å². The lowest BCUT2D eigenvalue weighted by Gasteiger charge is -2.33. The molecule has 1 aromatic rings. The van der Waals surface area contributed by atoms with Gasteiger partial charge in [-0.05, 0) is 31.0 Å². The molecule has 1 aliphatic rings. The van der Waals surface area contributed by atoms with Gasteiger partial charge in [-0.3, -0.25) is 4.90 Å². The van der Waals surface area contributed by atoms with Gasteiger partial charge in [0.15, 0.2) is 0 Å². The Morgan fingerprint density at radius 1 is 1.22 bits per heavy atom. The van der Waals surface area contributed by atoms with Gasteiger partial charge in [0.2, 0.25) is 0 Å². The number of benzene rings is 1. The van der Waals surface area contributed by atoms with Gasteiger partial charge in [0.05, 0.1) is 0 Å². The maximum absolute atomic E-state index is 3.41. The lowest BCUT2D eigenvalue weighted by molar-refractivity contribution is 0.185. The van der Waals surface area contributed by atoms with E-state index in [4.69, 9.17) is 0 Å². The van der Waals surface area contributed by atoms with Gasteiger partial charge in [0, 0.05) is 52.0 Å². The van der Waals surface area contributed by atoms with Crippen molar-refractivity contribution in [3.63, 3.8) is 0 Å². The van der Waals surface area contributed by atoms with E-state index >= 15 is 0 Å². The summed E-state index contributed by atoms with van der Waals surface area (Å²) in [5.74, 6) is 0. The Morgan fingerprint density at radius 3 is 2.50 bits per heavy atom. The van der Waals surface area contributed by atoms with Crippen molar-refractivity contribution in [3.05, 3.63) is 29.3 Å². The van der Waals surface area contributed by atoms with Gasteiger partial charge in [0.1, 0.15) is 0 Å². The molecule has 1 N–H and O–H groups in total. The number of aryl methyl sites for hydroxylation is 1. The van der Waals surface area contributed by atoms with Crippen molar-refractivity contribution in [3.8, 4) is 0 Å². The molecule has 0 bridgehead atoms. The zero-order chi connectivity index (χ0) is 13.1. The van der Waals surface area contributed by atoms with Crippen LogP contribution in [0.3, 0.4) is 0 Å². The molecule has 1 saturated heterocycles. The lowest BCUT2D eigenvalue weighted by Crippen LogP contribution is -2.44. The summed E-state index contributed by atoms with van der Waals surface area (Å²) in [6.45, 7) is 9.00. The molecule has 0 aliphatic carbocycles. The Kier molecular flexibility index (Phi) is 4.25. The predicted octanol–water partition coefficient (Wildman–Crippen LogP) is 2.03. The summed E-state index contributed by atoms with van der Waals surface area (Å²) >= 11 is 0. The highest BCUT2D eigenvalue weighted by molar-refractivity contribution is 5.54. The average Bonchev–Trinajstić information content (AvgIpc) is 2.39. The molecule has 2 rings (SSSR count). The molecule has 1 unspecified atom stereocenters. The van der Waals surface area contributed by atoms with Gasteiger partial charge in [-0.1, -0.05) is 12.1 Å². The van der Waals surface area contributed by atoms with Crippen LogP contribution in [-0.4, -0.2) is 45.2 Å². The molecule has 0 saturated carbocycles. The molecule has 0 spiro atoms. The number of piperazine rings is 1. The van der Waals surface area contributed by atoms with Crippen LogP contribution in [0.1, 0.15) is 24.1 Å². The van der Waals surface area contributed by atoms with Crippen LogP contribution in [0.15, 0.2) is 18.2 Å². The van der Waals surface area contributed by atoms with E-state index in [-0.39, 0.29) is 0 Å². The summed E-state index contributed by atoms with van der Waals surface area (Å²) in [5, 5.41) is 3.41. The topological polar surface area (TPSA) is 18.5 Å². The lowest BCUT2D eigenvalue weighted by atomic mass is 10.0. The quantitative estimate of drug-likeness (QED) is 0.881. The molecule has 1 heterocycles. The summed E-state index contributed by atoms with van der Waals surface area (Å²) in [4.78, 5) is 4.75. The van der Waals surface area contributed by atoms with Crippen molar-refractivity contribution in [1.29, 1.82) is 0 Å². The van der Waals surface area contributed by atoms with E-state index in [1.54, 1.807) is 0 Å². The number of hydrogen-bond acceptors (Lipinski definition) is 3. The smallest absolute Gasteiger partial charge is 0.0394 e. The minimum atomic E-state index is 0.506. The zero-order valence-electron chi connectivity index (χ0n) is 12.0. The van der Waals surface area contributed by atoms with Gasteiger partial charge in [-0.2, -0.15) is 0 Å². The molecule has 100 valence electrons. The van der Waals surface area contributed by atoms with Gasteiger partial charge in [-0.25, -0.2) is 0 Å². The monoisotopic (exact) mass is 247 g/mol. The molecular weight excluding hydrogens is 222 g/mol. The van der Waals surface area contributed by atoms with Gasteiger partial charge in [0.25, 0.3) is 0 Å². The number of nitrogens with zero attached hydrogens (tertiary/aromatic N) is 2. The van der Waals surface area contributed by atoms with Crippen LogP contribution in [0.4, 0.5) is 5.69 Å². The van der Waals surface area contributed by atoms with Crippen molar-refractivity contribution < 1.29 is 0 Å². The van der Waals surface area contributed by atoms with Crippen LogP contribution in [0.2, 0.25) is 0 Å². The van der Waals surface area contributed by atoms with Crippen molar-refractivity contribution in [2.45, 2.75) is 19.9 Å². The number of nitrogens with one attached hydrogen (secondary N) is 1. The number of rotatable bonds is 3. The summed E-state index contributed by atoms with van der Waals surface area (Å²) in [5.41, 5.74) is 4.09. The first kappa shape index (κ1) is 13.4. The molecule has 0 radical (unpaired) electrons. The van der Waals surface area contributed by atoms with Crippen molar-refractivity contribution >= 4 is 5.69 Å². The first-order chi connectivity index (χ1) is 8.59. The third-order valence-electron chi connectivity index (χ3n) is 3.90. The molecular formula is C15H25N3. The standard InChI is InChI=1S/C15H25N3/c1-12-5-6-14(11-15(12)17(3)4)13(2)18-9-7-16-8-10-18/h5-6,11,13,16H,7-10H2,1-4H3. The van der Waals surface area contributed by atoms with Crippen molar-refractivity contribution in [1.82, 2.24) is 10.2 Å². The summed E-state index contributed by atoms with van der Waals surface area (Å²) in [7, 11) is 4.23. The fraction of sp³-hybridized carbons (Fsp3) is 0.600. The largest absolute Gasteiger partial charge is 0.377 e. The zero-order valence-corrected chi connectivity index (χ0v) is 12.0. The molecule has 1 atom stereocenters. The van der Waals surface area contributed by atoms with E-state index in [2.05, 4.69) is 61.3 Å². The van der Waals surface area contributed by atoms with Crippen molar-refractivity contribution in [2.75, 3.05) is 45.2 Å². The second kappa shape index (κ2) is 5.72. The van der Waals surface area contributed by atoms with Crippen molar-refractivity contribution in [2.24, 2.45) is 0 Å². The minimum Gasteiger partial charge on any atom is -0.377 e. The Bertz CT molecular complexity index is 395. The maximum Gasteiger partial charge on any atom is 0.0394 e. The van der Waals surface area contributed by atoms with Crippen LogP contribution < -0.4 is 10.2 Å². The fourth-order valence-electron chi connectivity index (χ4n) is 2.65. The average molecular weight is 247 g/mol. The van der Waals surface area contributed by atoms with E-state index in [1.807, 2.05) is 0 Å². The van der Waals surface area contributed by atoms with Crippen LogP contribution in [0.25, 0.3) is 0 Å². The Labute approximate surface area is 111 Å². The van der Waals surface area contributed by atoms with Gasteiger partial charge >= 0.3 is 0 Å². The van der Waals surface area contributed by atoms with Gasteiger partial charge < -0.3 is 10.2 Å². The molecule has 0 amide bonds. The van der Waals surface area contributed by atoms with Crippen LogP contribution in [0, 0.1) is 6.92 Å². The minimum absolute atomic E-state index is 0.506. The first-order valence-corrected chi connectivity index (χ1v) is 6.82. The Hall–Kier alpha value is -1.06. The molecule has 3 nitrogen and oxygen atoms in total. The van der Waals surface area contributed by atoms with E-state index in [1.165, 1.54) is 16.8 Å². The van der Waals surface area contributed by atoms with E-state index in [0.717, 1.165) is 26.2 Å². The fourth-order valence-corrected chi connectivity index (χ4v) is 2.65. The maximum atomic E-state index is 3.41. The first-order valence-electron chi connectivity index (χ1n) is 6.82. The number of hydrogen-bond donors (Lipinski definition) is 1. The molecule has 1 aliphatic heterocycles. The van der Waals surface area contributed by atoms with Crippen LogP contribution in [-0.2, 0) is 0 Å². The molecule has 3 heteroatoms. The van der Waals surface area contributed by atoms with E-state index in [0.29, 0.717) is 6.04 Å². The van der Waals surface area contributed by atoms with Gasteiger partial charge in [-0.15, -0.1) is 0 Å². The summed E-state index contributed by atoms with van der Waals surface area (Å²) < 4.78 is 0. The third-order valence-corrected chi connectivity index (χ3v) is 3.90. The van der Waals surface area contributed by atoms with E-state index < -0.39 is 0 Å². The number of anilines is 1. The van der Waals surface area contributed by atoms with E-state index in [9.17, 15) is 0 Å². The SMILES string of the molecule is Cc1ccc(C(C)N2CCNCC2)cc1N(C)C. The third kappa shape index (κ3) is 2.85. The molecule has 1 aromatic carbocycles. The summed E-state index contributed by atoms with van der Waals surface area (Å²) in [6, 6.07) is 7.35.